The maximum absolute atomic E-state index is 13.8. The van der Waals surface area contributed by atoms with E-state index in [-0.39, 0.29) is 11.2 Å². The Labute approximate surface area is 175 Å². The average molecular weight is 416 g/mol. The summed E-state index contributed by atoms with van der Waals surface area (Å²) >= 11 is 1.35. The molecule has 1 aliphatic carbocycles. The largest absolute Gasteiger partial charge is 0.495 e. The molecular weight excluding hydrogens is 399 g/mol. The van der Waals surface area contributed by atoms with Crippen molar-refractivity contribution in [3.8, 4) is 16.3 Å². The van der Waals surface area contributed by atoms with Crippen LogP contribution in [0.25, 0.3) is 31.6 Å². The number of hydrogen-bond acceptors (Lipinski definition) is 5. The number of halogens is 1. The molecule has 1 N–H and O–H groups in total. The number of anilines is 2. The molecule has 1 heterocycles. The van der Waals surface area contributed by atoms with Gasteiger partial charge in [0.25, 0.3) is 0 Å². The standard InChI is InChI=1S/C24H17FN2O2S/c1-13-7-10-19(29-2)18(11-13)27-22-23(28)16-6-4-3-5-15(16)21-24(22)30-20-12-14(25)8-9-17(20)26-21/h3-12,27H,1-2H3. The fourth-order valence-electron chi connectivity index (χ4n) is 3.64. The van der Waals surface area contributed by atoms with Gasteiger partial charge >= 0.3 is 0 Å². The molecule has 1 aliphatic heterocycles. The van der Waals surface area contributed by atoms with Crippen LogP contribution in [0.3, 0.4) is 0 Å². The minimum atomic E-state index is -0.335. The summed E-state index contributed by atoms with van der Waals surface area (Å²) in [6.07, 6.45) is 0. The SMILES string of the molecule is COc1ccc(C)cc1Nc1c2sc3cc(F)ccc3nc-2c2ccccc2c1=O. The van der Waals surface area contributed by atoms with Crippen LogP contribution in [0.2, 0.25) is 0 Å². The van der Waals surface area contributed by atoms with Gasteiger partial charge < -0.3 is 10.1 Å². The maximum Gasteiger partial charge on any atom is 0.211 e. The Morgan fingerprint density at radius 1 is 1.03 bits per heavy atom. The molecule has 0 unspecified atom stereocenters. The van der Waals surface area contributed by atoms with E-state index in [4.69, 9.17) is 9.72 Å². The quantitative estimate of drug-likeness (QED) is 0.285. The number of rotatable bonds is 3. The summed E-state index contributed by atoms with van der Waals surface area (Å²) in [6, 6.07) is 17.7. The van der Waals surface area contributed by atoms with Crippen molar-refractivity contribution in [2.45, 2.75) is 6.92 Å². The third kappa shape index (κ3) is 2.97. The van der Waals surface area contributed by atoms with E-state index in [1.165, 1.54) is 23.5 Å². The maximum atomic E-state index is 13.8. The fourth-order valence-corrected chi connectivity index (χ4v) is 4.74. The highest BCUT2D eigenvalue weighted by Crippen LogP contribution is 2.41. The first-order valence-electron chi connectivity index (χ1n) is 9.41. The van der Waals surface area contributed by atoms with E-state index < -0.39 is 0 Å². The van der Waals surface area contributed by atoms with Crippen LogP contribution in [0.5, 0.6) is 5.75 Å². The molecule has 0 radical (unpaired) electrons. The molecule has 5 rings (SSSR count). The molecule has 6 heteroatoms. The van der Waals surface area contributed by atoms with Gasteiger partial charge in [-0.15, -0.1) is 11.3 Å². The molecule has 4 nitrogen and oxygen atoms in total. The normalized spacial score (nSPS) is 11.3. The molecule has 0 bridgehead atoms. The van der Waals surface area contributed by atoms with Gasteiger partial charge in [-0.3, -0.25) is 4.79 Å². The minimum absolute atomic E-state index is 0.129. The summed E-state index contributed by atoms with van der Waals surface area (Å²) in [6.45, 7) is 1.97. The molecule has 148 valence electrons. The highest BCUT2D eigenvalue weighted by Gasteiger charge is 2.21. The van der Waals surface area contributed by atoms with Crippen LogP contribution in [-0.2, 0) is 0 Å². The van der Waals surface area contributed by atoms with E-state index >= 15 is 0 Å². The highest BCUT2D eigenvalue weighted by molar-refractivity contribution is 7.22. The minimum Gasteiger partial charge on any atom is -0.495 e. The van der Waals surface area contributed by atoms with Gasteiger partial charge in [0.15, 0.2) is 0 Å². The van der Waals surface area contributed by atoms with Crippen LogP contribution in [0.15, 0.2) is 65.5 Å². The molecule has 0 fully saturated rings. The Bertz CT molecular complexity index is 1460. The Morgan fingerprint density at radius 2 is 1.83 bits per heavy atom. The van der Waals surface area contributed by atoms with Gasteiger partial charge in [-0.25, -0.2) is 9.37 Å². The van der Waals surface area contributed by atoms with Crippen LogP contribution in [0.4, 0.5) is 15.8 Å². The van der Waals surface area contributed by atoms with Crippen LogP contribution >= 0.6 is 11.3 Å². The molecule has 0 saturated heterocycles. The van der Waals surface area contributed by atoms with Crippen molar-refractivity contribution < 1.29 is 9.13 Å². The van der Waals surface area contributed by atoms with E-state index in [2.05, 4.69) is 5.32 Å². The van der Waals surface area contributed by atoms with Crippen molar-refractivity contribution >= 4 is 43.7 Å². The van der Waals surface area contributed by atoms with Crippen molar-refractivity contribution in [2.24, 2.45) is 0 Å². The molecular formula is C24H17FN2O2S. The number of hydrogen-bond donors (Lipinski definition) is 1. The smallest absolute Gasteiger partial charge is 0.211 e. The lowest BCUT2D eigenvalue weighted by atomic mass is 10.0. The van der Waals surface area contributed by atoms with Crippen molar-refractivity contribution in [2.75, 3.05) is 12.4 Å². The summed E-state index contributed by atoms with van der Waals surface area (Å²) in [7, 11) is 1.59. The summed E-state index contributed by atoms with van der Waals surface area (Å²) in [5.74, 6) is 0.295. The van der Waals surface area contributed by atoms with Crippen LogP contribution in [-0.4, -0.2) is 12.1 Å². The molecule has 0 amide bonds. The average Bonchev–Trinajstić information content (AvgIpc) is 2.75. The molecule has 3 aromatic carbocycles. The van der Waals surface area contributed by atoms with Crippen LogP contribution < -0.4 is 15.5 Å². The Morgan fingerprint density at radius 3 is 2.63 bits per heavy atom. The summed E-state index contributed by atoms with van der Waals surface area (Å²) in [5, 5.41) is 4.65. The molecule has 0 spiro atoms. The summed E-state index contributed by atoms with van der Waals surface area (Å²) in [5.41, 5.74) is 3.41. The second kappa shape index (κ2) is 7.07. The fraction of sp³-hybridized carbons (Fsp3) is 0.0833. The van der Waals surface area contributed by atoms with E-state index in [1.54, 1.807) is 19.2 Å². The zero-order valence-electron chi connectivity index (χ0n) is 16.3. The van der Waals surface area contributed by atoms with E-state index in [0.29, 0.717) is 43.3 Å². The van der Waals surface area contributed by atoms with Crippen molar-refractivity contribution in [1.82, 2.24) is 4.98 Å². The lowest BCUT2D eigenvalue weighted by molar-refractivity contribution is 0.416. The number of fused-ring (bicyclic) bond motifs is 4. The van der Waals surface area contributed by atoms with E-state index in [1.807, 2.05) is 43.3 Å². The first kappa shape index (κ1) is 18.5. The van der Waals surface area contributed by atoms with Crippen molar-refractivity contribution in [3.05, 3.63) is 82.3 Å². The van der Waals surface area contributed by atoms with Crippen LogP contribution in [0, 0.1) is 12.7 Å². The molecule has 3 aromatic rings. The number of ether oxygens (including phenoxy) is 1. The van der Waals surface area contributed by atoms with Gasteiger partial charge in [0.1, 0.15) is 17.3 Å². The van der Waals surface area contributed by atoms with Crippen molar-refractivity contribution in [1.29, 1.82) is 0 Å². The second-order valence-corrected chi connectivity index (χ2v) is 8.13. The Balaban J connectivity index is 1.87. The van der Waals surface area contributed by atoms with E-state index in [9.17, 15) is 9.18 Å². The van der Waals surface area contributed by atoms with Gasteiger partial charge in [0.2, 0.25) is 5.43 Å². The first-order valence-corrected chi connectivity index (χ1v) is 10.2. The number of nitrogens with one attached hydrogen (secondary N) is 1. The number of aryl methyl sites for hydroxylation is 1. The van der Waals surface area contributed by atoms with Crippen molar-refractivity contribution in [3.63, 3.8) is 0 Å². The summed E-state index contributed by atoms with van der Waals surface area (Å²) < 4.78 is 20.0. The zero-order chi connectivity index (χ0) is 20.8. The topological polar surface area (TPSA) is 51.2 Å². The van der Waals surface area contributed by atoms with Gasteiger partial charge in [-0.1, -0.05) is 30.3 Å². The summed E-state index contributed by atoms with van der Waals surface area (Å²) in [4.78, 5) is 18.9. The predicted octanol–water partition coefficient (Wildman–Crippen LogP) is 6.11. The van der Waals surface area contributed by atoms with Gasteiger partial charge in [0.05, 0.1) is 33.6 Å². The molecule has 0 saturated carbocycles. The second-order valence-electron chi connectivity index (χ2n) is 7.08. The Hall–Kier alpha value is -3.51. The number of benzene rings is 4. The number of aromatic nitrogens is 1. The third-order valence-electron chi connectivity index (χ3n) is 5.08. The predicted molar refractivity (Wildman–Crippen MR) is 121 cm³/mol. The monoisotopic (exact) mass is 416 g/mol. The third-order valence-corrected chi connectivity index (χ3v) is 6.23. The highest BCUT2D eigenvalue weighted by atomic mass is 32.1. The lowest BCUT2D eigenvalue weighted by Gasteiger charge is -2.17. The van der Waals surface area contributed by atoms with Gasteiger partial charge in [-0.2, -0.15) is 0 Å². The Kier molecular flexibility index (Phi) is 4.37. The van der Waals surface area contributed by atoms with Gasteiger partial charge in [0, 0.05) is 10.8 Å². The molecule has 2 aliphatic rings. The molecule has 0 aromatic heterocycles. The number of nitrogens with zero attached hydrogens (tertiary/aromatic N) is 1. The van der Waals surface area contributed by atoms with Gasteiger partial charge in [-0.05, 0) is 42.8 Å². The lowest BCUT2D eigenvalue weighted by Crippen LogP contribution is -2.12. The number of methoxy groups -OCH3 is 1. The van der Waals surface area contributed by atoms with Crippen LogP contribution in [0.1, 0.15) is 5.56 Å². The first-order chi connectivity index (χ1) is 14.5. The molecule has 30 heavy (non-hydrogen) atoms. The van der Waals surface area contributed by atoms with E-state index in [0.717, 1.165) is 10.9 Å². The molecule has 0 atom stereocenters. The zero-order valence-corrected chi connectivity index (χ0v) is 17.1.